The van der Waals surface area contributed by atoms with E-state index in [4.69, 9.17) is 4.52 Å². The van der Waals surface area contributed by atoms with Crippen molar-refractivity contribution >= 4 is 12.9 Å². The first-order valence-electron chi connectivity index (χ1n) is 4.17. The lowest BCUT2D eigenvalue weighted by Crippen LogP contribution is -2.28. The second-order valence-corrected chi connectivity index (χ2v) is 2.65. The molecule has 1 heterocycles. The van der Waals surface area contributed by atoms with Crippen LogP contribution in [-0.2, 0) is 6.54 Å². The van der Waals surface area contributed by atoms with Crippen LogP contribution in [0.3, 0.4) is 0 Å². The van der Waals surface area contributed by atoms with Gasteiger partial charge in [-0.1, -0.05) is 0 Å². The van der Waals surface area contributed by atoms with Crippen molar-refractivity contribution in [3.8, 4) is 0 Å². The molecule has 0 aliphatic carbocycles. The Morgan fingerprint density at radius 1 is 1.50 bits per heavy atom. The summed E-state index contributed by atoms with van der Waals surface area (Å²) in [5.41, 5.74) is 0.0341. The minimum absolute atomic E-state index is 0.0341. The molecule has 0 bridgehead atoms. The van der Waals surface area contributed by atoms with Crippen molar-refractivity contribution in [2.75, 3.05) is 0 Å². The summed E-state index contributed by atoms with van der Waals surface area (Å²) in [6.45, 7) is 4.03. The molecule has 1 rings (SSSR count). The summed E-state index contributed by atoms with van der Waals surface area (Å²) >= 11 is 0. The second-order valence-electron chi connectivity index (χ2n) is 2.65. The van der Waals surface area contributed by atoms with Gasteiger partial charge >= 0.3 is 12.9 Å². The van der Waals surface area contributed by atoms with Crippen LogP contribution in [0.4, 0.5) is 23.0 Å². The molecule has 0 aromatic carbocycles. The minimum Gasteiger partial charge on any atom is -0.418 e. The van der Waals surface area contributed by atoms with Gasteiger partial charge in [0.05, 0.1) is 4.92 Å². The molecule has 92 valence electrons. The summed E-state index contributed by atoms with van der Waals surface area (Å²) in [7, 11) is -6.00. The Bertz CT molecular complexity index is 359. The quantitative estimate of drug-likeness (QED) is 0.263. The van der Waals surface area contributed by atoms with Gasteiger partial charge in [-0.25, -0.2) is 4.52 Å². The molecule has 1 aromatic rings. The lowest BCUT2D eigenvalue weighted by Gasteiger charge is -1.94. The molecular weight excluding hydrogens is 235 g/mol. The van der Waals surface area contributed by atoms with E-state index in [1.54, 1.807) is 6.92 Å². The normalized spacial score (nSPS) is 10.6. The van der Waals surface area contributed by atoms with E-state index >= 15 is 0 Å². The van der Waals surface area contributed by atoms with E-state index in [0.717, 1.165) is 0 Å². The molecule has 0 saturated carbocycles. The van der Waals surface area contributed by atoms with Crippen LogP contribution >= 0.6 is 0 Å². The fourth-order valence-electron chi connectivity index (χ4n) is 0.808. The van der Waals surface area contributed by atoms with E-state index in [-0.39, 0.29) is 5.69 Å². The molecule has 0 saturated heterocycles. The Labute approximate surface area is 87.9 Å². The van der Waals surface area contributed by atoms with Gasteiger partial charge in [-0.2, -0.15) is 0 Å². The van der Waals surface area contributed by atoms with Crippen molar-refractivity contribution in [3.63, 3.8) is 0 Å². The first kappa shape index (κ1) is 14.4. The first-order valence-corrected chi connectivity index (χ1v) is 4.17. The van der Waals surface area contributed by atoms with E-state index in [0.29, 0.717) is 12.3 Å². The van der Waals surface area contributed by atoms with Crippen molar-refractivity contribution in [1.82, 2.24) is 0 Å². The molecule has 16 heavy (non-hydrogen) atoms. The van der Waals surface area contributed by atoms with Crippen LogP contribution in [-0.4, -0.2) is 12.2 Å². The smallest absolute Gasteiger partial charge is 0.418 e. The fourth-order valence-corrected chi connectivity index (χ4v) is 0.808. The minimum atomic E-state index is -6.00. The molecule has 1 aromatic heterocycles. The maximum atomic E-state index is 10.3. The van der Waals surface area contributed by atoms with E-state index in [9.17, 15) is 27.4 Å². The lowest BCUT2D eigenvalue weighted by molar-refractivity contribution is -0.862. The Hall–Kier alpha value is -1.61. The summed E-state index contributed by atoms with van der Waals surface area (Å²) in [5.74, 6) is 0.344. The number of hydrogen-bond acceptors (Lipinski definition) is 3. The predicted molar refractivity (Wildman–Crippen MR) is 46.2 cm³/mol. The van der Waals surface area contributed by atoms with Gasteiger partial charge < -0.3 is 17.3 Å². The van der Waals surface area contributed by atoms with Gasteiger partial charge in [0, 0.05) is 6.92 Å². The second kappa shape index (κ2) is 5.47. The number of hydrogen-bond donors (Lipinski definition) is 0. The van der Waals surface area contributed by atoms with Crippen molar-refractivity contribution in [2.45, 2.75) is 20.4 Å². The van der Waals surface area contributed by atoms with Gasteiger partial charge in [0.25, 0.3) is 12.0 Å². The maximum absolute atomic E-state index is 10.3. The lowest BCUT2D eigenvalue weighted by atomic mass is 10.3. The number of aryl methyl sites for hydroxylation is 2. The van der Waals surface area contributed by atoms with Crippen molar-refractivity contribution in [1.29, 1.82) is 0 Å². The molecule has 5 nitrogen and oxygen atoms in total. The van der Waals surface area contributed by atoms with Crippen LogP contribution in [0.1, 0.15) is 12.7 Å². The van der Waals surface area contributed by atoms with Crippen LogP contribution in [0.25, 0.3) is 0 Å². The van der Waals surface area contributed by atoms with Crippen LogP contribution in [0.15, 0.2) is 10.7 Å². The number of nitrogens with zero attached hydrogens (tertiary/aromatic N) is 2. The van der Waals surface area contributed by atoms with Gasteiger partial charge in [0.2, 0.25) is 0 Å². The van der Waals surface area contributed by atoms with Gasteiger partial charge in [-0.3, -0.25) is 10.1 Å². The third-order valence-electron chi connectivity index (χ3n) is 1.39. The zero-order valence-corrected chi connectivity index (χ0v) is 8.49. The van der Waals surface area contributed by atoms with Crippen molar-refractivity contribution in [3.05, 3.63) is 22.1 Å². The third-order valence-corrected chi connectivity index (χ3v) is 1.39. The molecule has 0 atom stereocenters. The van der Waals surface area contributed by atoms with Gasteiger partial charge in [0.1, 0.15) is 0 Å². The number of halogens is 4. The van der Waals surface area contributed by atoms with Crippen LogP contribution in [0.2, 0.25) is 0 Å². The molecular formula is C6H9BF4N2O3. The summed E-state index contributed by atoms with van der Waals surface area (Å²) < 4.78 is 45.4. The average Bonchev–Trinajstić information content (AvgIpc) is 2.43. The Balaban J connectivity index is 0.000000385. The van der Waals surface area contributed by atoms with Gasteiger partial charge in [0.15, 0.2) is 6.54 Å². The highest BCUT2D eigenvalue weighted by molar-refractivity contribution is 6.50. The van der Waals surface area contributed by atoms with Gasteiger partial charge in [-0.15, -0.1) is 0 Å². The first-order chi connectivity index (χ1) is 7.15. The predicted octanol–water partition coefficient (Wildman–Crippen LogP) is 2.10. The number of rotatable bonds is 2. The highest BCUT2D eigenvalue weighted by atomic mass is 19.5. The molecule has 0 amide bonds. The Morgan fingerprint density at radius 2 is 1.94 bits per heavy atom. The Morgan fingerprint density at radius 3 is 2.12 bits per heavy atom. The average molecular weight is 244 g/mol. The topological polar surface area (TPSA) is 60.2 Å². The molecule has 0 aliphatic heterocycles. The largest absolute Gasteiger partial charge is 0.673 e. The van der Waals surface area contributed by atoms with E-state index in [1.165, 1.54) is 10.9 Å². The number of nitro groups is 1. The highest BCUT2D eigenvalue weighted by Gasteiger charge is 2.23. The van der Waals surface area contributed by atoms with E-state index in [2.05, 4.69) is 0 Å². The molecule has 0 unspecified atom stereocenters. The fraction of sp³-hybridized carbons (Fsp3) is 0.500. The molecule has 0 N–H and O–H groups in total. The van der Waals surface area contributed by atoms with E-state index < -0.39 is 12.2 Å². The Kier molecular flexibility index (Phi) is 4.92. The SMILES string of the molecule is CC[n+]1cc([N+](=O)[O-])c(C)o1.F[B-](F)(F)F. The summed E-state index contributed by atoms with van der Waals surface area (Å²) in [4.78, 5) is 9.83. The molecule has 0 aliphatic rings. The third kappa shape index (κ3) is 5.99. The highest BCUT2D eigenvalue weighted by Crippen LogP contribution is 2.13. The van der Waals surface area contributed by atoms with Gasteiger partial charge in [-0.05, 0) is 11.7 Å². The van der Waals surface area contributed by atoms with Crippen LogP contribution in [0.5, 0.6) is 0 Å². The zero-order valence-electron chi connectivity index (χ0n) is 8.49. The monoisotopic (exact) mass is 244 g/mol. The number of aromatic nitrogens is 1. The molecule has 0 radical (unpaired) electrons. The van der Waals surface area contributed by atoms with Crippen molar-refractivity contribution in [2.24, 2.45) is 0 Å². The van der Waals surface area contributed by atoms with E-state index in [1.807, 2.05) is 6.92 Å². The van der Waals surface area contributed by atoms with Crippen LogP contribution < -0.4 is 4.74 Å². The maximum Gasteiger partial charge on any atom is 0.673 e. The molecule has 10 heteroatoms. The van der Waals surface area contributed by atoms with Crippen molar-refractivity contribution < 1.29 is 31.4 Å². The summed E-state index contributed by atoms with van der Waals surface area (Å²) in [6.07, 6.45) is 1.38. The molecule has 0 spiro atoms. The summed E-state index contributed by atoms with van der Waals surface area (Å²) in [6, 6.07) is 0. The van der Waals surface area contributed by atoms with Crippen LogP contribution in [0, 0.1) is 17.0 Å². The molecule has 0 fully saturated rings. The summed E-state index contributed by atoms with van der Waals surface area (Å²) in [5, 5.41) is 10.3. The standard InChI is InChI=1S/C6H9N2O3.BF4/c1-3-7-4-6(8(9)10)5(2)11-7;2-1(3,4)5/h4H,3H2,1-2H3;/q+1;-1. The zero-order chi connectivity index (χ0) is 12.9.